The van der Waals surface area contributed by atoms with Gasteiger partial charge in [-0.25, -0.2) is 30.7 Å². The molecule has 0 amide bonds. The van der Waals surface area contributed by atoms with E-state index in [2.05, 4.69) is 256 Å². The highest BCUT2D eigenvalue weighted by Gasteiger charge is 2.31. The molecule has 5 nitrogen and oxygen atoms in total. The zero-order valence-corrected chi connectivity index (χ0v) is 68.0. The van der Waals surface area contributed by atoms with Gasteiger partial charge < -0.3 is 13.7 Å². The van der Waals surface area contributed by atoms with E-state index in [0.717, 1.165) is 138 Å². The number of halogens is 7. The Morgan fingerprint density at radius 2 is 0.367 bits per heavy atom. The molecule has 24 aromatic rings. The highest BCUT2D eigenvalue weighted by Crippen LogP contribution is 2.50. The van der Waals surface area contributed by atoms with Crippen molar-refractivity contribution in [2.75, 3.05) is 0 Å². The fourth-order valence-electron chi connectivity index (χ4n) is 19.5. The van der Waals surface area contributed by atoms with Crippen LogP contribution in [0.15, 0.2) is 400 Å². The van der Waals surface area contributed by atoms with E-state index < -0.39 is 46.3 Å². The fraction of sp³-hybridized carbons (Fsp3) is 0. The van der Waals surface area contributed by atoms with Crippen LogP contribution in [-0.2, 0) is 0 Å². The molecule has 0 aliphatic heterocycles. The minimum Gasteiger partial charge on any atom is -0.309 e. The summed E-state index contributed by atoms with van der Waals surface area (Å²) in [5, 5.41) is 36.7. The Labute approximate surface area is 728 Å². The molecule has 12 heteroatoms. The molecular weight excluding hydrogens is 1600 g/mol. The van der Waals surface area contributed by atoms with Crippen LogP contribution in [0.25, 0.3) is 214 Å². The second-order valence-corrected chi connectivity index (χ2v) is 31.8. The minimum absolute atomic E-state index is 0.0466. The van der Waals surface area contributed by atoms with Crippen LogP contribution in [0.4, 0.5) is 30.7 Å². The van der Waals surface area contributed by atoms with Crippen molar-refractivity contribution in [1.82, 2.24) is 13.7 Å². The summed E-state index contributed by atoms with van der Waals surface area (Å²) >= 11 is 0. The number of benzene rings is 21. The zero-order valence-electron chi connectivity index (χ0n) is 68.0. The third-order valence-corrected chi connectivity index (χ3v) is 25.0. The SMILES string of the molecule is Fc1c(F)c(F)c(-c2c3ccccc3c(-c3ccc(-n4c5ccccc5c5ccccc54)cc3)c3ccccc23)c(F)c1F.N#Cc1cc(-c2c3ccccc3c(-c3ccc(-n4c5ccccc5c5ccccc54)cc3)c3ccccc23)ccc1F.N#Cc1ccc(-c2c3ccccc3c(-c3ccc(-n4c5ccccc5c5ccccc54)cc3)c3ccccc23)cc1F. The molecule has 0 N–H and O–H groups in total. The van der Waals surface area contributed by atoms with E-state index in [-0.39, 0.29) is 16.7 Å². The van der Waals surface area contributed by atoms with E-state index in [9.17, 15) is 32.5 Å². The van der Waals surface area contributed by atoms with E-state index >= 15 is 8.78 Å². The van der Waals surface area contributed by atoms with Crippen molar-refractivity contribution in [2.45, 2.75) is 0 Å². The van der Waals surface area contributed by atoms with Gasteiger partial charge in [-0.2, -0.15) is 10.5 Å². The third-order valence-electron chi connectivity index (χ3n) is 25.0. The van der Waals surface area contributed by atoms with Crippen molar-refractivity contribution in [2.24, 2.45) is 0 Å². The summed E-state index contributed by atoms with van der Waals surface area (Å²) in [7, 11) is 0. The first kappa shape index (κ1) is 77.1. The van der Waals surface area contributed by atoms with Gasteiger partial charge in [0.1, 0.15) is 23.8 Å². The number of para-hydroxylation sites is 6. The van der Waals surface area contributed by atoms with Crippen LogP contribution in [0, 0.1) is 63.4 Å². The lowest BCUT2D eigenvalue weighted by Gasteiger charge is -2.19. The Kier molecular flexibility index (Phi) is 19.0. The zero-order chi connectivity index (χ0) is 86.5. The predicted octanol–water partition coefficient (Wildman–Crippen LogP) is 32.0. The van der Waals surface area contributed by atoms with Crippen molar-refractivity contribution in [3.8, 4) is 96.0 Å². The Morgan fingerprint density at radius 3 is 0.617 bits per heavy atom. The topological polar surface area (TPSA) is 62.4 Å². The second kappa shape index (κ2) is 31.4. The van der Waals surface area contributed by atoms with E-state index in [1.54, 1.807) is 66.7 Å². The highest BCUT2D eigenvalue weighted by atomic mass is 19.2. The van der Waals surface area contributed by atoms with Gasteiger partial charge in [0.15, 0.2) is 23.3 Å². The van der Waals surface area contributed by atoms with Gasteiger partial charge in [-0.1, -0.05) is 303 Å². The highest BCUT2D eigenvalue weighted by molar-refractivity contribution is 6.25. The summed E-state index contributed by atoms with van der Waals surface area (Å²) in [6, 6.07) is 137. The summed E-state index contributed by atoms with van der Waals surface area (Å²) in [6.07, 6.45) is 0. The molecule has 0 bridgehead atoms. The number of nitrogens with zero attached hydrogens (tertiary/aromatic N) is 5. The van der Waals surface area contributed by atoms with Crippen molar-refractivity contribution >= 4 is 130 Å². The van der Waals surface area contributed by atoms with Crippen LogP contribution in [0.2, 0.25) is 0 Å². The normalized spacial score (nSPS) is 11.5. The molecule has 604 valence electrons. The van der Waals surface area contributed by atoms with Gasteiger partial charge >= 0.3 is 0 Å². The maximum absolute atomic E-state index is 15.2. The standard InChI is InChI=1S/2C39H23FN2.C38H20F5N/c40-35-22-19-26(23-27(35)24-41)39-33-13-3-1-11-31(33)38(32-12-2-4-14-34(32)39)25-17-20-28(21-18-25)42-36-15-7-5-9-29(36)30-10-6-8-16-37(30)42;40-35-23-26(17-18-27(35)24-41)39-33-13-3-1-11-31(33)38(32-12-2-4-14-34(32)39)25-19-21-28(22-20-25)42-36-15-7-5-9-29(36)30-10-6-8-16-37(30)42;39-34-33(35(40)37(42)38(43)36(34)41)32-27-13-3-1-11-25(27)31(26-12-2-4-14-28(26)32)21-17-19-22(20-18-21)44-29-15-7-5-9-23(29)24-10-6-8-16-30(24)44/h2*1-23H;1-20H. The second-order valence-electron chi connectivity index (χ2n) is 31.8. The average Bonchev–Trinajstić information content (AvgIpc) is 1.08. The lowest BCUT2D eigenvalue weighted by Crippen LogP contribution is -2.05. The number of nitriles is 2. The van der Waals surface area contributed by atoms with Crippen LogP contribution in [-0.4, -0.2) is 13.7 Å². The summed E-state index contributed by atoms with van der Waals surface area (Å²) in [4.78, 5) is 0. The molecule has 0 atom stereocenters. The van der Waals surface area contributed by atoms with E-state index in [4.69, 9.17) is 0 Å². The van der Waals surface area contributed by atoms with Gasteiger partial charge in [-0.15, -0.1) is 0 Å². The van der Waals surface area contributed by atoms with Gasteiger partial charge in [0, 0.05) is 54.9 Å². The number of fused-ring (bicyclic) bond motifs is 15. The maximum Gasteiger partial charge on any atom is 0.200 e. The molecule has 24 rings (SSSR count). The molecule has 128 heavy (non-hydrogen) atoms. The summed E-state index contributed by atoms with van der Waals surface area (Å²) in [5.41, 5.74) is 18.9. The van der Waals surface area contributed by atoms with Crippen LogP contribution >= 0.6 is 0 Å². The number of hydrogen-bond acceptors (Lipinski definition) is 2. The molecule has 21 aromatic carbocycles. The van der Waals surface area contributed by atoms with Gasteiger partial charge in [-0.05, 0) is 217 Å². The lowest BCUT2D eigenvalue weighted by atomic mass is 9.85. The van der Waals surface area contributed by atoms with Crippen LogP contribution in [0.1, 0.15) is 11.1 Å². The number of rotatable bonds is 9. The van der Waals surface area contributed by atoms with Crippen molar-refractivity contribution in [3.05, 3.63) is 452 Å². The molecule has 0 radical (unpaired) electrons. The molecule has 0 aliphatic rings. The van der Waals surface area contributed by atoms with Gasteiger partial charge in [-0.3, -0.25) is 0 Å². The molecule has 0 saturated heterocycles. The van der Waals surface area contributed by atoms with Crippen molar-refractivity contribution < 1.29 is 30.7 Å². The molecule has 0 spiro atoms. The maximum atomic E-state index is 15.2. The molecule has 0 aliphatic carbocycles. The van der Waals surface area contributed by atoms with Gasteiger partial charge in [0.05, 0.1) is 49.8 Å². The Bertz CT molecular complexity index is 8450. The van der Waals surface area contributed by atoms with Gasteiger partial charge in [0.25, 0.3) is 0 Å². The quantitative estimate of drug-likeness (QED) is 0.0626. The van der Waals surface area contributed by atoms with E-state index in [1.807, 2.05) is 91.0 Å². The van der Waals surface area contributed by atoms with Crippen molar-refractivity contribution in [1.29, 1.82) is 10.5 Å². The Balaban J connectivity index is 0.000000113. The summed E-state index contributed by atoms with van der Waals surface area (Å²) < 4.78 is 109. The van der Waals surface area contributed by atoms with E-state index in [0.29, 0.717) is 21.5 Å². The van der Waals surface area contributed by atoms with E-state index in [1.165, 1.54) is 55.7 Å². The predicted molar refractivity (Wildman–Crippen MR) is 509 cm³/mol. The van der Waals surface area contributed by atoms with Crippen molar-refractivity contribution in [3.63, 3.8) is 0 Å². The fourth-order valence-corrected chi connectivity index (χ4v) is 19.5. The largest absolute Gasteiger partial charge is 0.309 e. The number of hydrogen-bond donors (Lipinski definition) is 0. The molecule has 0 saturated carbocycles. The molecule has 3 aromatic heterocycles. The minimum atomic E-state index is -2.18. The van der Waals surface area contributed by atoms with Gasteiger partial charge in [0.2, 0.25) is 5.82 Å². The smallest absolute Gasteiger partial charge is 0.200 e. The van der Waals surface area contributed by atoms with Crippen LogP contribution in [0.3, 0.4) is 0 Å². The molecule has 0 fully saturated rings. The Morgan fingerprint density at radius 1 is 0.164 bits per heavy atom. The van der Waals surface area contributed by atoms with Crippen LogP contribution in [0.5, 0.6) is 0 Å². The van der Waals surface area contributed by atoms with Crippen LogP contribution < -0.4 is 0 Å². The number of aromatic nitrogens is 3. The molecule has 3 heterocycles. The lowest BCUT2D eigenvalue weighted by molar-refractivity contribution is 0.381. The third kappa shape index (κ3) is 12.5. The molecule has 0 unspecified atom stereocenters. The Hall–Kier alpha value is -16.9. The monoisotopic (exact) mass is 1660 g/mol. The molecular formula is C116H66F7N5. The first-order valence-electron chi connectivity index (χ1n) is 41.9. The first-order chi connectivity index (χ1) is 62.9. The summed E-state index contributed by atoms with van der Waals surface area (Å²) in [5.74, 6) is -10.9. The average molecular weight is 1660 g/mol. The summed E-state index contributed by atoms with van der Waals surface area (Å²) in [6.45, 7) is 0. The first-order valence-corrected chi connectivity index (χ1v) is 41.9.